The molecule has 8 rings (SSSR count). The molecule has 0 spiro atoms. The Morgan fingerprint density at radius 2 is 1.93 bits per heavy atom. The molecule has 44 heavy (non-hydrogen) atoms. The molecule has 4 aromatic heterocycles. The van der Waals surface area contributed by atoms with Gasteiger partial charge in [0.15, 0.2) is 0 Å². The molecule has 2 unspecified atom stereocenters. The van der Waals surface area contributed by atoms with Crippen LogP contribution < -0.4 is 19.7 Å². The number of aromatic nitrogens is 4. The van der Waals surface area contributed by atoms with Gasteiger partial charge in [0.2, 0.25) is 5.88 Å². The summed E-state index contributed by atoms with van der Waals surface area (Å²) in [5, 5.41) is 27.7. The van der Waals surface area contributed by atoms with Crippen molar-refractivity contribution in [3.63, 3.8) is 0 Å². The van der Waals surface area contributed by atoms with Crippen LogP contribution in [0.5, 0.6) is 11.6 Å². The van der Waals surface area contributed by atoms with Crippen molar-refractivity contribution in [2.75, 3.05) is 18.6 Å². The normalized spacial score (nSPS) is 23.9. The van der Waals surface area contributed by atoms with Gasteiger partial charge in [0.05, 0.1) is 41.7 Å². The minimum absolute atomic E-state index is 0.0900. The molecular formula is C33H35N7O4. The Balaban J connectivity index is 1.13. The van der Waals surface area contributed by atoms with Crippen LogP contribution in [0.4, 0.5) is 5.82 Å². The largest absolute Gasteiger partial charge is 0.489 e. The highest BCUT2D eigenvalue weighted by Crippen LogP contribution is 2.52. The second-order valence-corrected chi connectivity index (χ2v) is 13.0. The van der Waals surface area contributed by atoms with Gasteiger partial charge in [-0.1, -0.05) is 0 Å². The monoisotopic (exact) mass is 593 g/mol. The molecule has 4 atom stereocenters. The topological polar surface area (TPSA) is 138 Å². The quantitative estimate of drug-likeness (QED) is 0.309. The lowest BCUT2D eigenvalue weighted by atomic mass is 9.59. The maximum atomic E-state index is 13.2. The first-order chi connectivity index (χ1) is 21.1. The number of carbonyl (C=O) groups is 1. The molecule has 2 aliphatic heterocycles. The fraction of sp³-hybridized carbons (Fsp3) is 0.424. The number of ether oxygens (including phenoxy) is 2. The summed E-state index contributed by atoms with van der Waals surface area (Å²) in [7, 11) is 1.56. The van der Waals surface area contributed by atoms with Crippen molar-refractivity contribution in [1.82, 2.24) is 24.9 Å². The van der Waals surface area contributed by atoms with Crippen LogP contribution in [0.25, 0.3) is 16.6 Å². The summed E-state index contributed by atoms with van der Waals surface area (Å²) in [6, 6.07) is 12.2. The van der Waals surface area contributed by atoms with Crippen molar-refractivity contribution in [1.29, 1.82) is 5.26 Å². The number of nitrogens with zero attached hydrogens (tertiary/aromatic N) is 6. The molecule has 6 heterocycles. The Morgan fingerprint density at radius 3 is 2.57 bits per heavy atom. The van der Waals surface area contributed by atoms with Crippen LogP contribution in [0, 0.1) is 17.2 Å². The van der Waals surface area contributed by atoms with E-state index in [0.717, 1.165) is 49.0 Å². The van der Waals surface area contributed by atoms with E-state index in [1.807, 2.05) is 18.3 Å². The molecule has 11 heteroatoms. The Bertz CT molecular complexity index is 1740. The Kier molecular flexibility index (Phi) is 6.70. The van der Waals surface area contributed by atoms with Gasteiger partial charge in [0.1, 0.15) is 24.2 Å². The smallest absolute Gasteiger partial charge is 0.253 e. The molecule has 2 saturated carbocycles. The molecule has 0 aromatic carbocycles. The number of methoxy groups -OCH3 is 1. The van der Waals surface area contributed by atoms with E-state index >= 15 is 0 Å². The van der Waals surface area contributed by atoms with E-state index in [-0.39, 0.29) is 18.1 Å². The van der Waals surface area contributed by atoms with E-state index in [2.05, 4.69) is 32.4 Å². The Hall–Kier alpha value is -4.69. The molecular weight excluding hydrogens is 558 g/mol. The summed E-state index contributed by atoms with van der Waals surface area (Å²) >= 11 is 0. The SMILES string of the molecule is COc1ccc(C(=O)NC23CC4C[C@H](C2)N(c2ccc(-c5cc(OCC(C)(C)O)cn6ncc(C#N)c56)cn2)[C@@H](C4)C3)cn1. The minimum Gasteiger partial charge on any atom is -0.489 e. The van der Waals surface area contributed by atoms with Gasteiger partial charge in [-0.15, -0.1) is 0 Å². The van der Waals surface area contributed by atoms with Gasteiger partial charge >= 0.3 is 0 Å². The Labute approximate surface area is 255 Å². The number of piperidine rings is 2. The molecule has 2 saturated heterocycles. The third kappa shape index (κ3) is 5.09. The van der Waals surface area contributed by atoms with Crippen LogP contribution in [0.2, 0.25) is 0 Å². The third-order valence-electron chi connectivity index (χ3n) is 9.14. The predicted octanol–water partition coefficient (Wildman–Crippen LogP) is 4.14. The zero-order chi connectivity index (χ0) is 30.6. The maximum Gasteiger partial charge on any atom is 0.253 e. The van der Waals surface area contributed by atoms with E-state index in [0.29, 0.717) is 46.3 Å². The summed E-state index contributed by atoms with van der Waals surface area (Å²) in [4.78, 5) is 24.8. The number of aliphatic hydroxyl groups is 1. The lowest BCUT2D eigenvalue weighted by Crippen LogP contribution is -2.69. The molecule has 2 N–H and O–H groups in total. The number of anilines is 1. The van der Waals surface area contributed by atoms with E-state index in [4.69, 9.17) is 14.5 Å². The molecule has 4 bridgehead atoms. The Morgan fingerprint density at radius 1 is 1.14 bits per heavy atom. The van der Waals surface area contributed by atoms with Gasteiger partial charge in [-0.2, -0.15) is 10.4 Å². The van der Waals surface area contributed by atoms with Gasteiger partial charge in [-0.3, -0.25) is 4.79 Å². The third-order valence-corrected chi connectivity index (χ3v) is 9.14. The summed E-state index contributed by atoms with van der Waals surface area (Å²) in [6.07, 6.45) is 11.6. The number of amides is 1. The average Bonchev–Trinajstić information content (AvgIpc) is 3.42. The van der Waals surface area contributed by atoms with Crippen LogP contribution in [0.15, 0.2) is 55.1 Å². The van der Waals surface area contributed by atoms with Crippen molar-refractivity contribution in [3.05, 3.63) is 66.2 Å². The van der Waals surface area contributed by atoms with Crippen LogP contribution in [-0.4, -0.2) is 67.5 Å². The lowest BCUT2D eigenvalue weighted by molar-refractivity contribution is 0.0283. The van der Waals surface area contributed by atoms with Crippen LogP contribution in [-0.2, 0) is 0 Å². The molecule has 4 aromatic rings. The number of nitrogens with one attached hydrogen (secondary N) is 1. The van der Waals surface area contributed by atoms with E-state index in [1.165, 1.54) is 0 Å². The number of hydrogen-bond acceptors (Lipinski definition) is 9. The van der Waals surface area contributed by atoms with Crippen LogP contribution in [0.1, 0.15) is 61.9 Å². The summed E-state index contributed by atoms with van der Waals surface area (Å²) in [5.74, 6) is 2.42. The molecule has 11 nitrogen and oxygen atoms in total. The number of rotatable bonds is 8. The second kappa shape index (κ2) is 10.5. The van der Waals surface area contributed by atoms with Crippen molar-refractivity contribution in [3.8, 4) is 28.8 Å². The van der Waals surface area contributed by atoms with Gasteiger partial charge < -0.3 is 24.8 Å². The molecule has 4 aliphatic rings. The first-order valence-corrected chi connectivity index (χ1v) is 15.0. The highest BCUT2D eigenvalue weighted by atomic mass is 16.5. The standard InChI is InChI=1S/C33H35N7O4/c1-32(2,42)19-44-26-10-27(30-23(14-34)17-37-39(30)18-26)21-4-6-28(35-15-21)40-24-8-20-9-25(40)13-33(11-20,12-24)38-31(41)22-5-7-29(43-3)36-16-22/h4-7,10,15-18,20,24-25,42H,8-9,11-13,19H2,1-3H3,(H,38,41)/t20?,24-,25+,33?. The van der Waals surface area contributed by atoms with E-state index < -0.39 is 5.60 Å². The zero-order valence-corrected chi connectivity index (χ0v) is 25.0. The summed E-state index contributed by atoms with van der Waals surface area (Å²) in [5.41, 5.74) is 2.07. The highest BCUT2D eigenvalue weighted by molar-refractivity contribution is 5.94. The second-order valence-electron chi connectivity index (χ2n) is 13.0. The van der Waals surface area contributed by atoms with Crippen LogP contribution >= 0.6 is 0 Å². The van der Waals surface area contributed by atoms with Crippen molar-refractivity contribution in [2.24, 2.45) is 5.92 Å². The van der Waals surface area contributed by atoms with E-state index in [9.17, 15) is 15.2 Å². The average molecular weight is 594 g/mol. The van der Waals surface area contributed by atoms with Crippen molar-refractivity contribution in [2.45, 2.75) is 69.2 Å². The summed E-state index contributed by atoms with van der Waals surface area (Å²) in [6.45, 7) is 3.48. The number of fused-ring (bicyclic) bond motifs is 1. The first-order valence-electron chi connectivity index (χ1n) is 15.0. The van der Waals surface area contributed by atoms with Crippen molar-refractivity contribution < 1.29 is 19.4 Å². The molecule has 2 aliphatic carbocycles. The number of carbonyl (C=O) groups excluding carboxylic acids is 1. The molecule has 0 radical (unpaired) electrons. The highest BCUT2D eigenvalue weighted by Gasteiger charge is 2.55. The fourth-order valence-electron chi connectivity index (χ4n) is 7.54. The lowest BCUT2D eigenvalue weighted by Gasteiger charge is -2.62. The molecule has 4 fully saturated rings. The number of nitriles is 1. The fourth-order valence-corrected chi connectivity index (χ4v) is 7.54. The number of pyridine rings is 3. The maximum absolute atomic E-state index is 13.2. The van der Waals surface area contributed by atoms with Gasteiger partial charge in [-0.05, 0) is 76.1 Å². The van der Waals surface area contributed by atoms with E-state index in [1.54, 1.807) is 56.2 Å². The zero-order valence-electron chi connectivity index (χ0n) is 25.0. The van der Waals surface area contributed by atoms with Crippen LogP contribution in [0.3, 0.4) is 0 Å². The van der Waals surface area contributed by atoms with Gasteiger partial charge in [0, 0.05) is 47.2 Å². The minimum atomic E-state index is -0.998. The summed E-state index contributed by atoms with van der Waals surface area (Å²) < 4.78 is 12.7. The molecule has 1 amide bonds. The van der Waals surface area contributed by atoms with Gasteiger partial charge in [-0.25, -0.2) is 14.5 Å². The number of hydrogen-bond donors (Lipinski definition) is 2. The first kappa shape index (κ1) is 28.1. The van der Waals surface area contributed by atoms with Gasteiger partial charge in [0.25, 0.3) is 5.91 Å². The van der Waals surface area contributed by atoms with Crippen molar-refractivity contribution >= 4 is 17.2 Å². The molecule has 226 valence electrons. The predicted molar refractivity (Wildman–Crippen MR) is 163 cm³/mol.